The van der Waals surface area contributed by atoms with E-state index in [0.717, 1.165) is 6.42 Å². The molecule has 0 spiro atoms. The zero-order valence-electron chi connectivity index (χ0n) is 13.4. The first-order valence-electron chi connectivity index (χ1n) is 7.88. The zero-order valence-corrected chi connectivity index (χ0v) is 13.4. The molecule has 2 unspecified atom stereocenters. The molecule has 0 aromatic carbocycles. The summed E-state index contributed by atoms with van der Waals surface area (Å²) in [6.07, 6.45) is 3.78. The Hall–Kier alpha value is -2.37. The molecule has 2 heterocycles. The van der Waals surface area contributed by atoms with Gasteiger partial charge in [0, 0.05) is 25.4 Å². The Morgan fingerprint density at radius 2 is 2.00 bits per heavy atom. The van der Waals surface area contributed by atoms with Crippen molar-refractivity contribution in [3.8, 4) is 5.88 Å². The molecule has 2 fully saturated rings. The van der Waals surface area contributed by atoms with E-state index >= 15 is 0 Å². The normalized spacial score (nSPS) is 22.6. The molecule has 23 heavy (non-hydrogen) atoms. The molecule has 3 rings (SSSR count). The Bertz CT molecular complexity index is 626. The van der Waals surface area contributed by atoms with Gasteiger partial charge in [-0.15, -0.1) is 0 Å². The van der Waals surface area contributed by atoms with Crippen molar-refractivity contribution in [2.75, 3.05) is 13.1 Å². The number of fused-ring (bicyclic) bond motifs is 1. The van der Waals surface area contributed by atoms with E-state index in [2.05, 4.69) is 11.6 Å². The van der Waals surface area contributed by atoms with Crippen molar-refractivity contribution in [3.05, 3.63) is 36.5 Å². The van der Waals surface area contributed by atoms with Crippen LogP contribution in [0.3, 0.4) is 0 Å². The third-order valence-electron chi connectivity index (χ3n) is 4.16. The summed E-state index contributed by atoms with van der Waals surface area (Å²) in [7, 11) is 0. The van der Waals surface area contributed by atoms with Gasteiger partial charge in [0.15, 0.2) is 0 Å². The average Bonchev–Trinajstić information content (AvgIpc) is 3.33. The van der Waals surface area contributed by atoms with Crippen molar-refractivity contribution in [3.63, 3.8) is 0 Å². The van der Waals surface area contributed by atoms with Gasteiger partial charge in [-0.25, -0.2) is 4.98 Å². The summed E-state index contributed by atoms with van der Waals surface area (Å²) >= 11 is 0. The van der Waals surface area contributed by atoms with Crippen LogP contribution in [0.25, 0.3) is 0 Å². The van der Waals surface area contributed by atoms with Gasteiger partial charge in [-0.3, -0.25) is 9.59 Å². The molecular weight excluding hydrogens is 294 g/mol. The minimum absolute atomic E-state index is 0.0354. The Labute approximate surface area is 135 Å². The van der Waals surface area contributed by atoms with E-state index in [9.17, 15) is 9.59 Å². The molecule has 6 heteroatoms. The fourth-order valence-corrected chi connectivity index (χ4v) is 3.01. The lowest BCUT2D eigenvalue weighted by Gasteiger charge is -2.33. The maximum Gasteiger partial charge on any atom is 0.255 e. The maximum atomic E-state index is 12.6. The van der Waals surface area contributed by atoms with Crippen LogP contribution in [0.2, 0.25) is 0 Å². The smallest absolute Gasteiger partial charge is 0.255 e. The van der Waals surface area contributed by atoms with E-state index in [0.29, 0.717) is 24.5 Å². The Balaban J connectivity index is 1.66. The average molecular weight is 315 g/mol. The van der Waals surface area contributed by atoms with E-state index in [4.69, 9.17) is 4.74 Å². The predicted octanol–water partition coefficient (Wildman–Crippen LogP) is 1.48. The summed E-state index contributed by atoms with van der Waals surface area (Å²) in [6.45, 7) is 8.49. The molecule has 122 valence electrons. The highest BCUT2D eigenvalue weighted by Crippen LogP contribution is 2.37. The number of carbonyl (C=O) groups is 2. The van der Waals surface area contributed by atoms with Gasteiger partial charge in [0.05, 0.1) is 23.8 Å². The second kappa shape index (κ2) is 6.02. The van der Waals surface area contributed by atoms with Crippen molar-refractivity contribution in [2.24, 2.45) is 0 Å². The van der Waals surface area contributed by atoms with Crippen LogP contribution in [-0.2, 0) is 4.79 Å². The largest absolute Gasteiger partial charge is 0.475 e. The molecule has 1 saturated heterocycles. The highest BCUT2D eigenvalue weighted by Gasteiger charge is 2.51. The highest BCUT2D eigenvalue weighted by molar-refractivity contribution is 5.95. The van der Waals surface area contributed by atoms with Crippen molar-refractivity contribution < 1.29 is 14.3 Å². The molecule has 1 aliphatic heterocycles. The summed E-state index contributed by atoms with van der Waals surface area (Å²) in [4.78, 5) is 32.2. The lowest BCUT2D eigenvalue weighted by molar-refractivity contribution is -0.127. The number of amides is 2. The molecule has 2 atom stereocenters. The van der Waals surface area contributed by atoms with Crippen LogP contribution < -0.4 is 4.74 Å². The number of piperazine rings is 1. The van der Waals surface area contributed by atoms with Crippen LogP contribution in [0.4, 0.5) is 0 Å². The predicted molar refractivity (Wildman–Crippen MR) is 85.1 cm³/mol. The summed E-state index contributed by atoms with van der Waals surface area (Å²) < 4.78 is 5.49. The number of ether oxygens (including phenoxy) is 1. The number of hydrogen-bond donors (Lipinski definition) is 0. The zero-order chi connectivity index (χ0) is 16.6. The van der Waals surface area contributed by atoms with Gasteiger partial charge in [0.2, 0.25) is 11.8 Å². The minimum atomic E-state index is -0.0542. The van der Waals surface area contributed by atoms with Gasteiger partial charge in [-0.1, -0.05) is 6.58 Å². The first-order chi connectivity index (χ1) is 11.0. The molecule has 1 saturated carbocycles. The molecule has 1 aliphatic carbocycles. The summed E-state index contributed by atoms with van der Waals surface area (Å²) in [5.74, 6) is 0.426. The molecule has 6 nitrogen and oxygen atoms in total. The molecular formula is C17H21N3O3. The van der Waals surface area contributed by atoms with E-state index in [1.165, 1.54) is 6.08 Å². The molecule has 2 aliphatic rings. The van der Waals surface area contributed by atoms with Gasteiger partial charge >= 0.3 is 0 Å². The minimum Gasteiger partial charge on any atom is -0.475 e. The number of hydrogen-bond acceptors (Lipinski definition) is 4. The summed E-state index contributed by atoms with van der Waals surface area (Å²) in [5.41, 5.74) is 0.551. The molecule has 2 amide bonds. The van der Waals surface area contributed by atoms with Crippen LogP contribution in [0.1, 0.15) is 30.6 Å². The summed E-state index contributed by atoms with van der Waals surface area (Å²) in [6, 6.07) is 3.71. The van der Waals surface area contributed by atoms with Crippen molar-refractivity contribution in [1.82, 2.24) is 14.8 Å². The number of nitrogens with zero attached hydrogens (tertiary/aromatic N) is 3. The number of aromatic nitrogens is 1. The first-order valence-corrected chi connectivity index (χ1v) is 7.88. The molecule has 1 aromatic heterocycles. The second-order valence-corrected chi connectivity index (χ2v) is 6.16. The van der Waals surface area contributed by atoms with Gasteiger partial charge in [0.25, 0.3) is 5.91 Å². The van der Waals surface area contributed by atoms with Crippen LogP contribution in [0.15, 0.2) is 31.0 Å². The van der Waals surface area contributed by atoms with E-state index in [1.807, 2.05) is 18.7 Å². The van der Waals surface area contributed by atoms with Gasteiger partial charge < -0.3 is 14.5 Å². The molecule has 1 aromatic rings. The fraction of sp³-hybridized carbons (Fsp3) is 0.471. The maximum absolute atomic E-state index is 12.6. The highest BCUT2D eigenvalue weighted by atomic mass is 16.5. The lowest BCUT2D eigenvalue weighted by atomic mass is 10.2. The lowest BCUT2D eigenvalue weighted by Crippen LogP contribution is -2.50. The quantitative estimate of drug-likeness (QED) is 0.790. The fourth-order valence-electron chi connectivity index (χ4n) is 3.01. The number of pyridine rings is 1. The Kier molecular flexibility index (Phi) is 4.07. The van der Waals surface area contributed by atoms with Gasteiger partial charge in [-0.05, 0) is 32.4 Å². The van der Waals surface area contributed by atoms with E-state index in [1.54, 1.807) is 23.2 Å². The Morgan fingerprint density at radius 1 is 1.30 bits per heavy atom. The standard InChI is InChI=1S/C17H21N3O3/c1-4-16(21)19-7-8-20(14-9-13(14)19)17(22)12-5-6-15(18-10-12)23-11(2)3/h4-6,10-11,13-14H,1,7-9H2,2-3H3. The van der Waals surface area contributed by atoms with Crippen LogP contribution in [-0.4, -0.2) is 57.9 Å². The van der Waals surface area contributed by atoms with E-state index < -0.39 is 0 Å². The monoisotopic (exact) mass is 315 g/mol. The number of carbonyl (C=O) groups excluding carboxylic acids is 2. The van der Waals surface area contributed by atoms with Crippen LogP contribution >= 0.6 is 0 Å². The van der Waals surface area contributed by atoms with Crippen molar-refractivity contribution in [2.45, 2.75) is 38.5 Å². The molecule has 0 radical (unpaired) electrons. The second-order valence-electron chi connectivity index (χ2n) is 6.16. The van der Waals surface area contributed by atoms with Crippen LogP contribution in [0, 0.1) is 0 Å². The molecule has 0 N–H and O–H groups in total. The van der Waals surface area contributed by atoms with Gasteiger partial charge in [-0.2, -0.15) is 0 Å². The third kappa shape index (κ3) is 3.06. The van der Waals surface area contributed by atoms with Crippen molar-refractivity contribution >= 4 is 11.8 Å². The van der Waals surface area contributed by atoms with Crippen LogP contribution in [0.5, 0.6) is 5.88 Å². The van der Waals surface area contributed by atoms with Crippen molar-refractivity contribution in [1.29, 1.82) is 0 Å². The SMILES string of the molecule is C=CC(=O)N1CCN(C(=O)c2ccc(OC(C)C)nc2)C2CC21. The Morgan fingerprint density at radius 3 is 2.61 bits per heavy atom. The van der Waals surface area contributed by atoms with Gasteiger partial charge in [0.1, 0.15) is 0 Å². The molecule has 0 bridgehead atoms. The van der Waals surface area contributed by atoms with E-state index in [-0.39, 0.29) is 30.0 Å². The number of rotatable bonds is 4. The first kappa shape index (κ1) is 15.5. The topological polar surface area (TPSA) is 62.7 Å². The summed E-state index contributed by atoms with van der Waals surface area (Å²) in [5, 5.41) is 0. The third-order valence-corrected chi connectivity index (χ3v) is 4.16.